The molecule has 0 radical (unpaired) electrons. The zero-order valence-corrected chi connectivity index (χ0v) is 14.9. The average molecular weight is 392 g/mol. The Morgan fingerprint density at radius 2 is 1.58 bits per heavy atom. The van der Waals surface area contributed by atoms with Crippen LogP contribution in [0.25, 0.3) is 0 Å². The molecule has 0 saturated heterocycles. The van der Waals surface area contributed by atoms with Crippen LogP contribution >= 0.6 is 15.9 Å². The summed E-state index contributed by atoms with van der Waals surface area (Å²) < 4.78 is 11.5. The van der Waals surface area contributed by atoms with E-state index in [2.05, 4.69) is 21.2 Å². The van der Waals surface area contributed by atoms with Crippen molar-refractivity contribution in [2.24, 2.45) is 0 Å². The Morgan fingerprint density at radius 1 is 0.958 bits per heavy atom. The lowest BCUT2D eigenvalue weighted by atomic mass is 10.3. The van der Waals surface area contributed by atoms with Crippen LogP contribution in [0.3, 0.4) is 0 Å². The molecule has 1 amide bonds. The molecule has 0 fully saturated rings. The number of benzene rings is 2. The molecule has 0 bridgehead atoms. The summed E-state index contributed by atoms with van der Waals surface area (Å²) in [4.78, 5) is 24.1. The maximum atomic E-state index is 12.1. The van der Waals surface area contributed by atoms with Crippen LogP contribution < -0.4 is 10.1 Å². The van der Waals surface area contributed by atoms with Gasteiger partial charge in [-0.3, -0.25) is 4.79 Å². The number of rotatable bonds is 6. The molecule has 0 heterocycles. The van der Waals surface area contributed by atoms with Crippen LogP contribution in [-0.4, -0.2) is 24.1 Å². The summed E-state index contributed by atoms with van der Waals surface area (Å²) in [6.45, 7) is 3.09. The van der Waals surface area contributed by atoms with Crippen LogP contribution in [0.4, 0.5) is 5.69 Å². The van der Waals surface area contributed by atoms with E-state index >= 15 is 0 Å². The lowest BCUT2D eigenvalue weighted by Crippen LogP contribution is -2.35. The van der Waals surface area contributed by atoms with Gasteiger partial charge in [-0.05, 0) is 50.2 Å². The summed E-state index contributed by atoms with van der Waals surface area (Å²) >= 11 is 3.32. The minimum Gasteiger partial charge on any atom is -0.479 e. The number of carbonyl (C=O) groups is 2. The first kappa shape index (κ1) is 18.0. The molecular formula is C18H18BrNO4. The van der Waals surface area contributed by atoms with Crippen LogP contribution in [-0.2, 0) is 14.3 Å². The van der Waals surface area contributed by atoms with Gasteiger partial charge in [0.2, 0.25) is 0 Å². The first-order valence-corrected chi connectivity index (χ1v) is 8.23. The van der Waals surface area contributed by atoms with Crippen LogP contribution in [0.1, 0.15) is 13.8 Å². The van der Waals surface area contributed by atoms with Crippen molar-refractivity contribution in [1.29, 1.82) is 0 Å². The highest BCUT2D eigenvalue weighted by molar-refractivity contribution is 9.10. The molecule has 0 aliphatic rings. The lowest BCUT2D eigenvalue weighted by Gasteiger charge is -2.17. The number of hydrogen-bond donors (Lipinski definition) is 1. The molecule has 0 aliphatic carbocycles. The third-order valence-electron chi connectivity index (χ3n) is 3.16. The van der Waals surface area contributed by atoms with E-state index in [1.165, 1.54) is 6.92 Å². The number of nitrogens with one attached hydrogen (secondary N) is 1. The average Bonchev–Trinajstić information content (AvgIpc) is 2.57. The van der Waals surface area contributed by atoms with Crippen LogP contribution in [0.2, 0.25) is 0 Å². The van der Waals surface area contributed by atoms with E-state index in [9.17, 15) is 9.59 Å². The first-order chi connectivity index (χ1) is 11.5. The van der Waals surface area contributed by atoms with E-state index in [1.807, 2.05) is 30.3 Å². The molecule has 2 aromatic carbocycles. The van der Waals surface area contributed by atoms with Gasteiger partial charge in [0.05, 0.1) is 0 Å². The summed E-state index contributed by atoms with van der Waals surface area (Å²) in [5.74, 6) is -0.441. The van der Waals surface area contributed by atoms with Gasteiger partial charge in [-0.25, -0.2) is 4.79 Å². The number of esters is 1. The number of hydrogen-bond acceptors (Lipinski definition) is 4. The summed E-state index contributed by atoms with van der Waals surface area (Å²) in [6, 6.07) is 16.1. The molecule has 0 saturated carbocycles. The van der Waals surface area contributed by atoms with Gasteiger partial charge in [0.15, 0.2) is 12.2 Å². The zero-order valence-electron chi connectivity index (χ0n) is 13.4. The second kappa shape index (κ2) is 8.49. The molecule has 24 heavy (non-hydrogen) atoms. The second-order valence-corrected chi connectivity index (χ2v) is 6.06. The van der Waals surface area contributed by atoms with E-state index < -0.39 is 24.1 Å². The van der Waals surface area contributed by atoms with Crippen molar-refractivity contribution in [3.63, 3.8) is 0 Å². The topological polar surface area (TPSA) is 64.6 Å². The third-order valence-corrected chi connectivity index (χ3v) is 3.69. The molecule has 126 valence electrons. The fourth-order valence-electron chi connectivity index (χ4n) is 1.85. The smallest absolute Gasteiger partial charge is 0.347 e. The third kappa shape index (κ3) is 5.38. The van der Waals surface area contributed by atoms with E-state index in [0.717, 1.165) is 4.47 Å². The number of carbonyl (C=O) groups excluding carboxylic acids is 2. The van der Waals surface area contributed by atoms with Crippen LogP contribution in [0.5, 0.6) is 5.75 Å². The lowest BCUT2D eigenvalue weighted by molar-refractivity contribution is -0.159. The van der Waals surface area contributed by atoms with Gasteiger partial charge < -0.3 is 14.8 Å². The van der Waals surface area contributed by atoms with Crippen LogP contribution in [0, 0.1) is 0 Å². The predicted octanol–water partition coefficient (Wildman–Crippen LogP) is 3.79. The van der Waals surface area contributed by atoms with Gasteiger partial charge in [-0.1, -0.05) is 34.1 Å². The molecule has 2 aromatic rings. The van der Waals surface area contributed by atoms with Gasteiger partial charge in [-0.15, -0.1) is 0 Å². The van der Waals surface area contributed by atoms with E-state index in [-0.39, 0.29) is 0 Å². The van der Waals surface area contributed by atoms with Crippen molar-refractivity contribution >= 4 is 33.5 Å². The molecule has 0 unspecified atom stereocenters. The predicted molar refractivity (Wildman–Crippen MR) is 94.9 cm³/mol. The maximum absolute atomic E-state index is 12.1. The Bertz CT molecular complexity index is 688. The Morgan fingerprint density at radius 3 is 2.21 bits per heavy atom. The normalized spacial score (nSPS) is 12.8. The quantitative estimate of drug-likeness (QED) is 0.760. The van der Waals surface area contributed by atoms with E-state index in [0.29, 0.717) is 11.4 Å². The van der Waals surface area contributed by atoms with Crippen molar-refractivity contribution in [2.75, 3.05) is 5.32 Å². The largest absolute Gasteiger partial charge is 0.479 e. The standard InChI is InChI=1S/C18H18BrNO4/c1-12(17(21)20-15-10-8-14(19)9-11-15)24-18(22)13(2)23-16-6-4-3-5-7-16/h3-13H,1-2H3,(H,20,21)/t12-,13-/m0/s1. The minimum atomic E-state index is -0.928. The van der Waals surface area contributed by atoms with Crippen molar-refractivity contribution < 1.29 is 19.1 Å². The summed E-state index contributed by atoms with van der Waals surface area (Å²) in [5, 5.41) is 2.69. The monoisotopic (exact) mass is 391 g/mol. The van der Waals surface area contributed by atoms with Crippen molar-refractivity contribution in [3.05, 3.63) is 59.1 Å². The Hall–Kier alpha value is -2.34. The molecule has 0 aliphatic heterocycles. The Kier molecular flexibility index (Phi) is 6.37. The fourth-order valence-corrected chi connectivity index (χ4v) is 2.12. The first-order valence-electron chi connectivity index (χ1n) is 7.44. The Labute approximate surface area is 149 Å². The molecule has 1 N–H and O–H groups in total. The molecule has 6 heteroatoms. The summed E-state index contributed by atoms with van der Waals surface area (Å²) in [5.41, 5.74) is 0.625. The zero-order chi connectivity index (χ0) is 17.5. The van der Waals surface area contributed by atoms with E-state index in [1.54, 1.807) is 31.2 Å². The van der Waals surface area contributed by atoms with Crippen molar-refractivity contribution in [1.82, 2.24) is 0 Å². The SMILES string of the molecule is C[C@H](OC(=O)[C@H](C)Oc1ccccc1)C(=O)Nc1ccc(Br)cc1. The minimum absolute atomic E-state index is 0.405. The van der Waals surface area contributed by atoms with Gasteiger partial charge >= 0.3 is 5.97 Å². The number of halogens is 1. The fraction of sp³-hybridized carbons (Fsp3) is 0.222. The maximum Gasteiger partial charge on any atom is 0.347 e. The highest BCUT2D eigenvalue weighted by Crippen LogP contribution is 2.15. The molecule has 5 nitrogen and oxygen atoms in total. The number of para-hydroxylation sites is 1. The number of ether oxygens (including phenoxy) is 2. The van der Waals surface area contributed by atoms with Crippen molar-refractivity contribution in [3.8, 4) is 5.75 Å². The van der Waals surface area contributed by atoms with Gasteiger partial charge in [0.1, 0.15) is 5.75 Å². The second-order valence-electron chi connectivity index (χ2n) is 5.15. The molecule has 2 atom stereocenters. The number of anilines is 1. The molecule has 0 aromatic heterocycles. The highest BCUT2D eigenvalue weighted by atomic mass is 79.9. The van der Waals surface area contributed by atoms with Gasteiger partial charge in [0, 0.05) is 10.2 Å². The highest BCUT2D eigenvalue weighted by Gasteiger charge is 2.23. The van der Waals surface area contributed by atoms with Gasteiger partial charge in [0.25, 0.3) is 5.91 Å². The summed E-state index contributed by atoms with van der Waals surface area (Å²) in [6.07, 6.45) is -1.74. The summed E-state index contributed by atoms with van der Waals surface area (Å²) in [7, 11) is 0. The van der Waals surface area contributed by atoms with Gasteiger partial charge in [-0.2, -0.15) is 0 Å². The van der Waals surface area contributed by atoms with E-state index in [4.69, 9.17) is 9.47 Å². The number of amides is 1. The van der Waals surface area contributed by atoms with Crippen molar-refractivity contribution in [2.45, 2.75) is 26.1 Å². The molecule has 2 rings (SSSR count). The van der Waals surface area contributed by atoms with Crippen LogP contribution in [0.15, 0.2) is 59.1 Å². The molecule has 0 spiro atoms. The Balaban J connectivity index is 1.85. The molecular weight excluding hydrogens is 374 g/mol.